The molecule has 1 unspecified atom stereocenters. The number of methoxy groups -OCH3 is 1. The molecule has 0 aliphatic rings. The van der Waals surface area contributed by atoms with E-state index in [0.29, 0.717) is 19.0 Å². The lowest BCUT2D eigenvalue weighted by atomic mass is 10.1. The largest absolute Gasteiger partial charge is 0.490 e. The third-order valence-corrected chi connectivity index (χ3v) is 2.94. The Morgan fingerprint density at radius 2 is 2.20 bits per heavy atom. The number of pyridine rings is 1. The number of fused-ring (bicyclic) bond motifs is 1. The zero-order valence-electron chi connectivity index (χ0n) is 11.5. The second-order valence-electron chi connectivity index (χ2n) is 4.35. The Morgan fingerprint density at radius 3 is 2.95 bits per heavy atom. The number of hydrogen-bond donors (Lipinski definition) is 0. The molecule has 2 aromatic rings. The highest BCUT2D eigenvalue weighted by molar-refractivity contribution is 5.80. The van der Waals surface area contributed by atoms with E-state index in [1.165, 1.54) is 0 Å². The van der Waals surface area contributed by atoms with E-state index >= 15 is 0 Å². The lowest BCUT2D eigenvalue weighted by Gasteiger charge is -2.09. The van der Waals surface area contributed by atoms with Crippen molar-refractivity contribution in [2.24, 2.45) is 5.11 Å². The van der Waals surface area contributed by atoms with Gasteiger partial charge in [0.05, 0.1) is 24.4 Å². The van der Waals surface area contributed by atoms with E-state index in [0.717, 1.165) is 16.5 Å². The predicted molar refractivity (Wildman–Crippen MR) is 76.7 cm³/mol. The van der Waals surface area contributed by atoms with Crippen molar-refractivity contribution in [3.63, 3.8) is 0 Å². The SMILES string of the molecule is COCCOc1cnc2ccc(C(C)N=[N+]=[N-])cc2c1. The smallest absolute Gasteiger partial charge is 0.138 e. The van der Waals surface area contributed by atoms with Gasteiger partial charge in [-0.2, -0.15) is 0 Å². The first kappa shape index (κ1) is 14.1. The van der Waals surface area contributed by atoms with Crippen LogP contribution in [0.2, 0.25) is 0 Å². The van der Waals surface area contributed by atoms with Gasteiger partial charge in [-0.05, 0) is 29.3 Å². The van der Waals surface area contributed by atoms with Gasteiger partial charge < -0.3 is 9.47 Å². The molecule has 0 N–H and O–H groups in total. The molecule has 0 bridgehead atoms. The molecule has 20 heavy (non-hydrogen) atoms. The van der Waals surface area contributed by atoms with Crippen LogP contribution in [0.4, 0.5) is 0 Å². The number of aromatic nitrogens is 1. The predicted octanol–water partition coefficient (Wildman–Crippen LogP) is 3.63. The van der Waals surface area contributed by atoms with Gasteiger partial charge in [-0.3, -0.25) is 4.98 Å². The first-order chi connectivity index (χ1) is 9.74. The lowest BCUT2D eigenvalue weighted by Crippen LogP contribution is -2.04. The molecule has 1 aromatic heterocycles. The molecule has 6 heteroatoms. The van der Waals surface area contributed by atoms with Crippen molar-refractivity contribution >= 4 is 10.9 Å². The molecule has 0 spiro atoms. The first-order valence-corrected chi connectivity index (χ1v) is 6.30. The molecule has 0 radical (unpaired) electrons. The molecule has 0 aliphatic carbocycles. The minimum absolute atomic E-state index is 0.206. The van der Waals surface area contributed by atoms with Crippen LogP contribution in [-0.4, -0.2) is 25.3 Å². The van der Waals surface area contributed by atoms with Gasteiger partial charge in [-0.15, -0.1) is 0 Å². The molecular weight excluding hydrogens is 256 g/mol. The van der Waals surface area contributed by atoms with Crippen LogP contribution in [0.3, 0.4) is 0 Å². The van der Waals surface area contributed by atoms with E-state index in [1.54, 1.807) is 13.3 Å². The summed E-state index contributed by atoms with van der Waals surface area (Å²) in [6, 6.07) is 7.50. The molecule has 0 saturated carbocycles. The summed E-state index contributed by atoms with van der Waals surface area (Å²) < 4.78 is 10.5. The van der Waals surface area contributed by atoms with Crippen LogP contribution in [0.1, 0.15) is 18.5 Å². The highest BCUT2D eigenvalue weighted by atomic mass is 16.5. The van der Waals surface area contributed by atoms with E-state index in [4.69, 9.17) is 15.0 Å². The molecule has 1 aromatic carbocycles. The Kier molecular flexibility index (Phi) is 4.76. The molecule has 1 atom stereocenters. The number of hydrogen-bond acceptors (Lipinski definition) is 4. The fourth-order valence-corrected chi connectivity index (χ4v) is 1.86. The Bertz CT molecular complexity index is 638. The van der Waals surface area contributed by atoms with Crippen LogP contribution in [0.25, 0.3) is 21.3 Å². The number of rotatable bonds is 6. The zero-order chi connectivity index (χ0) is 14.4. The summed E-state index contributed by atoms with van der Waals surface area (Å²) in [5, 5.41) is 4.65. The Hall–Kier alpha value is -2.30. The van der Waals surface area contributed by atoms with Crippen molar-refractivity contribution in [2.75, 3.05) is 20.3 Å². The van der Waals surface area contributed by atoms with Gasteiger partial charge in [-0.25, -0.2) is 0 Å². The zero-order valence-corrected chi connectivity index (χ0v) is 11.5. The second kappa shape index (κ2) is 6.75. The van der Waals surface area contributed by atoms with Gasteiger partial charge >= 0.3 is 0 Å². The van der Waals surface area contributed by atoms with Crippen molar-refractivity contribution in [2.45, 2.75) is 13.0 Å². The van der Waals surface area contributed by atoms with Crippen molar-refractivity contribution in [1.82, 2.24) is 4.98 Å². The van der Waals surface area contributed by atoms with Crippen LogP contribution in [0, 0.1) is 0 Å². The third kappa shape index (κ3) is 3.38. The molecule has 0 amide bonds. The maximum Gasteiger partial charge on any atom is 0.138 e. The second-order valence-corrected chi connectivity index (χ2v) is 4.35. The van der Waals surface area contributed by atoms with Gasteiger partial charge in [0.15, 0.2) is 0 Å². The van der Waals surface area contributed by atoms with E-state index in [2.05, 4.69) is 15.0 Å². The summed E-state index contributed by atoms with van der Waals surface area (Å²) in [6.45, 7) is 2.87. The first-order valence-electron chi connectivity index (χ1n) is 6.30. The Morgan fingerprint density at radius 1 is 1.35 bits per heavy atom. The minimum atomic E-state index is -0.206. The van der Waals surface area contributed by atoms with Crippen LogP contribution >= 0.6 is 0 Å². The molecule has 0 aliphatic heterocycles. The fraction of sp³-hybridized carbons (Fsp3) is 0.357. The summed E-state index contributed by atoms with van der Waals surface area (Å²) in [4.78, 5) is 7.17. The summed E-state index contributed by atoms with van der Waals surface area (Å²) in [6.07, 6.45) is 1.69. The maximum absolute atomic E-state index is 8.49. The minimum Gasteiger partial charge on any atom is -0.490 e. The van der Waals surface area contributed by atoms with Gasteiger partial charge in [0, 0.05) is 17.4 Å². The van der Waals surface area contributed by atoms with E-state index in [-0.39, 0.29) is 6.04 Å². The van der Waals surface area contributed by atoms with Crippen molar-refractivity contribution in [1.29, 1.82) is 0 Å². The standard InChI is InChI=1S/C14H16N4O2/c1-10(17-18-15)11-3-4-14-12(7-11)8-13(9-16-14)20-6-5-19-2/h3-4,7-10H,5-6H2,1-2H3. The van der Waals surface area contributed by atoms with Crippen molar-refractivity contribution < 1.29 is 9.47 Å². The van der Waals surface area contributed by atoms with E-state index < -0.39 is 0 Å². The number of ether oxygens (including phenoxy) is 2. The number of benzene rings is 1. The molecule has 1 heterocycles. The molecular formula is C14H16N4O2. The normalized spacial score (nSPS) is 11.9. The summed E-state index contributed by atoms with van der Waals surface area (Å²) >= 11 is 0. The third-order valence-electron chi connectivity index (χ3n) is 2.94. The maximum atomic E-state index is 8.49. The van der Waals surface area contributed by atoms with E-state index in [1.807, 2.05) is 31.2 Å². The molecule has 2 rings (SSSR count). The fourth-order valence-electron chi connectivity index (χ4n) is 1.86. The average Bonchev–Trinajstić information content (AvgIpc) is 2.47. The van der Waals surface area contributed by atoms with Crippen LogP contribution < -0.4 is 4.74 Å². The topological polar surface area (TPSA) is 80.1 Å². The Labute approximate surface area is 117 Å². The average molecular weight is 272 g/mol. The quantitative estimate of drug-likeness (QED) is 0.348. The summed E-state index contributed by atoms with van der Waals surface area (Å²) in [5.74, 6) is 0.697. The molecule has 104 valence electrons. The summed E-state index contributed by atoms with van der Waals surface area (Å²) in [7, 11) is 1.63. The lowest BCUT2D eigenvalue weighted by molar-refractivity contribution is 0.146. The van der Waals surface area contributed by atoms with Crippen molar-refractivity contribution in [3.8, 4) is 5.75 Å². The molecule has 6 nitrogen and oxygen atoms in total. The van der Waals surface area contributed by atoms with Crippen LogP contribution in [0.15, 0.2) is 35.6 Å². The monoisotopic (exact) mass is 272 g/mol. The van der Waals surface area contributed by atoms with Crippen LogP contribution in [0.5, 0.6) is 5.75 Å². The van der Waals surface area contributed by atoms with Gasteiger partial charge in [-0.1, -0.05) is 18.1 Å². The highest BCUT2D eigenvalue weighted by Gasteiger charge is 2.05. The van der Waals surface area contributed by atoms with Crippen molar-refractivity contribution in [3.05, 3.63) is 46.5 Å². The molecule has 0 saturated heterocycles. The van der Waals surface area contributed by atoms with Crippen LogP contribution in [-0.2, 0) is 4.74 Å². The Balaban J connectivity index is 2.27. The van der Waals surface area contributed by atoms with Gasteiger partial charge in [0.2, 0.25) is 0 Å². The number of azide groups is 1. The van der Waals surface area contributed by atoms with E-state index in [9.17, 15) is 0 Å². The highest BCUT2D eigenvalue weighted by Crippen LogP contribution is 2.24. The van der Waals surface area contributed by atoms with Gasteiger partial charge in [0.25, 0.3) is 0 Å². The summed E-state index contributed by atoms with van der Waals surface area (Å²) in [5.41, 5.74) is 10.3. The number of nitrogens with zero attached hydrogens (tertiary/aromatic N) is 4. The molecule has 0 fully saturated rings. The van der Waals surface area contributed by atoms with Gasteiger partial charge in [0.1, 0.15) is 12.4 Å².